The average Bonchev–Trinajstić information content (AvgIpc) is 3.15. The van der Waals surface area contributed by atoms with Crippen molar-refractivity contribution in [3.05, 3.63) is 24.3 Å². The number of nitrogen functional groups attached to an aromatic ring is 1. The molecule has 0 aliphatic heterocycles. The van der Waals surface area contributed by atoms with Crippen LogP contribution in [0.3, 0.4) is 0 Å². The van der Waals surface area contributed by atoms with Crippen LogP contribution in [0.4, 0.5) is 5.69 Å². The monoisotopic (exact) mass is 262 g/mol. The third-order valence-electron chi connectivity index (χ3n) is 3.63. The Morgan fingerprint density at radius 2 is 2.26 bits per heavy atom. The summed E-state index contributed by atoms with van der Waals surface area (Å²) in [5.74, 6) is 0.564. The van der Waals surface area contributed by atoms with Crippen molar-refractivity contribution in [2.75, 3.05) is 18.9 Å². The minimum Gasteiger partial charge on any atom is -0.484 e. The molecule has 3 N–H and O–H groups in total. The second-order valence-corrected chi connectivity index (χ2v) is 5.39. The molecule has 1 aromatic carbocycles. The molecule has 0 spiro atoms. The smallest absolute Gasteiger partial charge is 0.257 e. The molecule has 1 saturated carbocycles. The zero-order chi connectivity index (χ0) is 13.7. The van der Waals surface area contributed by atoms with Gasteiger partial charge in [0, 0.05) is 18.3 Å². The molecule has 4 heteroatoms. The van der Waals surface area contributed by atoms with E-state index >= 15 is 0 Å². The molecular weight excluding hydrogens is 240 g/mol. The maximum atomic E-state index is 11.7. The summed E-state index contributed by atoms with van der Waals surface area (Å²) in [6.07, 6.45) is 4.84. The zero-order valence-corrected chi connectivity index (χ0v) is 11.4. The Labute approximate surface area is 114 Å². The zero-order valence-electron chi connectivity index (χ0n) is 11.4. The van der Waals surface area contributed by atoms with Crippen LogP contribution in [0.15, 0.2) is 24.3 Å². The topological polar surface area (TPSA) is 64.3 Å². The lowest BCUT2D eigenvalue weighted by Gasteiger charge is -2.15. The lowest BCUT2D eigenvalue weighted by molar-refractivity contribution is -0.123. The summed E-state index contributed by atoms with van der Waals surface area (Å²) in [6, 6.07) is 7.10. The van der Waals surface area contributed by atoms with Crippen molar-refractivity contribution in [2.45, 2.75) is 32.6 Å². The number of rotatable bonds is 7. The molecule has 0 aromatic heterocycles. The van der Waals surface area contributed by atoms with Gasteiger partial charge in [-0.25, -0.2) is 0 Å². The van der Waals surface area contributed by atoms with Crippen molar-refractivity contribution in [1.29, 1.82) is 0 Å². The SMILES string of the molecule is CCCC1(CNC(=O)COc2cccc(N)c2)CC1. The maximum Gasteiger partial charge on any atom is 0.257 e. The van der Waals surface area contributed by atoms with E-state index in [9.17, 15) is 4.79 Å². The normalized spacial score (nSPS) is 15.8. The quantitative estimate of drug-likeness (QED) is 0.741. The molecule has 1 fully saturated rings. The van der Waals surface area contributed by atoms with Gasteiger partial charge in [0.25, 0.3) is 5.91 Å². The number of hydrogen-bond acceptors (Lipinski definition) is 3. The van der Waals surface area contributed by atoms with Crippen molar-refractivity contribution >= 4 is 11.6 Å². The fraction of sp³-hybridized carbons (Fsp3) is 0.533. The summed E-state index contributed by atoms with van der Waals surface area (Å²) < 4.78 is 5.40. The van der Waals surface area contributed by atoms with Crippen LogP contribution in [0.2, 0.25) is 0 Å². The third-order valence-corrected chi connectivity index (χ3v) is 3.63. The van der Waals surface area contributed by atoms with E-state index in [2.05, 4.69) is 12.2 Å². The van der Waals surface area contributed by atoms with Crippen LogP contribution in [0.5, 0.6) is 5.75 Å². The standard InChI is InChI=1S/C15H22N2O2/c1-2-6-15(7-8-15)11-17-14(18)10-19-13-5-3-4-12(16)9-13/h3-5,9H,2,6-8,10-11,16H2,1H3,(H,17,18). The van der Waals surface area contributed by atoms with Gasteiger partial charge in [-0.1, -0.05) is 19.4 Å². The van der Waals surface area contributed by atoms with Gasteiger partial charge in [-0.3, -0.25) is 4.79 Å². The molecule has 0 radical (unpaired) electrons. The van der Waals surface area contributed by atoms with Crippen LogP contribution in [-0.4, -0.2) is 19.1 Å². The third kappa shape index (κ3) is 4.16. The molecule has 19 heavy (non-hydrogen) atoms. The highest BCUT2D eigenvalue weighted by Crippen LogP contribution is 2.48. The van der Waals surface area contributed by atoms with E-state index in [4.69, 9.17) is 10.5 Å². The second kappa shape index (κ2) is 5.95. The Kier molecular flexibility index (Phi) is 4.30. The molecule has 4 nitrogen and oxygen atoms in total. The van der Waals surface area contributed by atoms with Crippen molar-refractivity contribution in [3.63, 3.8) is 0 Å². The molecule has 1 aromatic rings. The Balaban J connectivity index is 1.70. The van der Waals surface area contributed by atoms with Gasteiger partial charge in [0.05, 0.1) is 0 Å². The molecule has 104 valence electrons. The van der Waals surface area contributed by atoms with E-state index in [1.807, 2.05) is 6.07 Å². The lowest BCUT2D eigenvalue weighted by atomic mass is 10.0. The van der Waals surface area contributed by atoms with Gasteiger partial charge in [-0.2, -0.15) is 0 Å². The number of nitrogens with one attached hydrogen (secondary N) is 1. The number of carbonyl (C=O) groups is 1. The Morgan fingerprint density at radius 1 is 1.47 bits per heavy atom. The van der Waals surface area contributed by atoms with Gasteiger partial charge in [0.2, 0.25) is 0 Å². The van der Waals surface area contributed by atoms with Gasteiger partial charge < -0.3 is 15.8 Å². The van der Waals surface area contributed by atoms with E-state index in [0.29, 0.717) is 16.9 Å². The summed E-state index contributed by atoms with van der Waals surface area (Å²) in [4.78, 5) is 11.7. The summed E-state index contributed by atoms with van der Waals surface area (Å²) in [6.45, 7) is 3.01. The summed E-state index contributed by atoms with van der Waals surface area (Å²) in [7, 11) is 0. The summed E-state index contributed by atoms with van der Waals surface area (Å²) >= 11 is 0. The number of anilines is 1. The number of ether oxygens (including phenoxy) is 1. The predicted molar refractivity (Wildman–Crippen MR) is 75.9 cm³/mol. The van der Waals surface area contributed by atoms with Gasteiger partial charge in [0.15, 0.2) is 6.61 Å². The van der Waals surface area contributed by atoms with Crippen LogP contribution in [0, 0.1) is 5.41 Å². The molecule has 1 amide bonds. The fourth-order valence-electron chi connectivity index (χ4n) is 2.31. The largest absolute Gasteiger partial charge is 0.484 e. The number of carbonyl (C=O) groups excluding carboxylic acids is 1. The predicted octanol–water partition coefficient (Wildman–Crippen LogP) is 2.34. The molecule has 0 atom stereocenters. The Bertz CT molecular complexity index is 442. The maximum absolute atomic E-state index is 11.7. The van der Waals surface area contributed by atoms with E-state index in [1.165, 1.54) is 25.7 Å². The van der Waals surface area contributed by atoms with Crippen LogP contribution >= 0.6 is 0 Å². The summed E-state index contributed by atoms with van der Waals surface area (Å²) in [5, 5.41) is 2.96. The van der Waals surface area contributed by atoms with Crippen LogP contribution < -0.4 is 15.8 Å². The number of hydrogen-bond donors (Lipinski definition) is 2. The molecule has 1 aliphatic carbocycles. The first-order valence-electron chi connectivity index (χ1n) is 6.89. The summed E-state index contributed by atoms with van der Waals surface area (Å²) in [5.41, 5.74) is 6.66. The van der Waals surface area contributed by atoms with Crippen molar-refractivity contribution < 1.29 is 9.53 Å². The number of amides is 1. The molecule has 0 bridgehead atoms. The number of nitrogens with two attached hydrogens (primary N) is 1. The molecular formula is C15H22N2O2. The first kappa shape index (κ1) is 13.7. The van der Waals surface area contributed by atoms with Crippen LogP contribution in [0.1, 0.15) is 32.6 Å². The van der Waals surface area contributed by atoms with Crippen molar-refractivity contribution in [1.82, 2.24) is 5.32 Å². The van der Waals surface area contributed by atoms with E-state index in [-0.39, 0.29) is 12.5 Å². The highest BCUT2D eigenvalue weighted by Gasteiger charge is 2.41. The van der Waals surface area contributed by atoms with Crippen molar-refractivity contribution in [2.24, 2.45) is 5.41 Å². The number of benzene rings is 1. The first-order chi connectivity index (χ1) is 9.13. The second-order valence-electron chi connectivity index (χ2n) is 5.39. The highest BCUT2D eigenvalue weighted by molar-refractivity contribution is 5.77. The van der Waals surface area contributed by atoms with Gasteiger partial charge in [-0.05, 0) is 36.8 Å². The van der Waals surface area contributed by atoms with E-state index < -0.39 is 0 Å². The van der Waals surface area contributed by atoms with Gasteiger partial charge in [-0.15, -0.1) is 0 Å². The molecule has 0 unspecified atom stereocenters. The lowest BCUT2D eigenvalue weighted by Crippen LogP contribution is -2.33. The fourth-order valence-corrected chi connectivity index (χ4v) is 2.31. The van der Waals surface area contributed by atoms with E-state index in [1.54, 1.807) is 18.2 Å². The van der Waals surface area contributed by atoms with Crippen LogP contribution in [0.25, 0.3) is 0 Å². The molecule has 0 heterocycles. The molecule has 0 saturated heterocycles. The minimum absolute atomic E-state index is 0.0473. The molecule has 2 rings (SSSR count). The van der Waals surface area contributed by atoms with Crippen molar-refractivity contribution in [3.8, 4) is 5.75 Å². The highest BCUT2D eigenvalue weighted by atomic mass is 16.5. The Hall–Kier alpha value is -1.71. The minimum atomic E-state index is -0.0650. The van der Waals surface area contributed by atoms with Gasteiger partial charge >= 0.3 is 0 Å². The van der Waals surface area contributed by atoms with E-state index in [0.717, 1.165) is 6.54 Å². The Morgan fingerprint density at radius 3 is 2.89 bits per heavy atom. The van der Waals surface area contributed by atoms with Gasteiger partial charge in [0.1, 0.15) is 5.75 Å². The molecule has 1 aliphatic rings. The first-order valence-corrected chi connectivity index (χ1v) is 6.89. The van der Waals surface area contributed by atoms with Crippen LogP contribution in [-0.2, 0) is 4.79 Å². The average molecular weight is 262 g/mol.